The van der Waals surface area contributed by atoms with Gasteiger partial charge in [0.05, 0.1) is 0 Å². The maximum absolute atomic E-state index is 3.79. The molecule has 0 saturated carbocycles. The van der Waals surface area contributed by atoms with E-state index in [1.165, 1.54) is 0 Å². The van der Waals surface area contributed by atoms with Crippen molar-refractivity contribution < 1.29 is 0 Å². The van der Waals surface area contributed by atoms with Gasteiger partial charge in [-0.1, -0.05) is 37.6 Å². The highest BCUT2D eigenvalue weighted by molar-refractivity contribution is 5.44. The Labute approximate surface area is 80.5 Å². The van der Waals surface area contributed by atoms with E-state index in [1.54, 1.807) is 0 Å². The average molecular weight is 174 g/mol. The summed E-state index contributed by atoms with van der Waals surface area (Å²) in [6, 6.07) is 10.1. The minimum Gasteiger partial charge on any atom is -0.362 e. The van der Waals surface area contributed by atoms with E-state index in [0.29, 0.717) is 0 Å². The largest absolute Gasteiger partial charge is 0.362 e. The third kappa shape index (κ3) is 4.36. The van der Waals surface area contributed by atoms with Crippen molar-refractivity contribution in [1.82, 2.24) is 0 Å². The van der Waals surface area contributed by atoms with Gasteiger partial charge in [0.25, 0.3) is 0 Å². The average Bonchev–Trinajstić information content (AvgIpc) is 2.19. The Balaban J connectivity index is 2.23. The molecule has 1 aromatic rings. The van der Waals surface area contributed by atoms with Gasteiger partial charge in [0.1, 0.15) is 0 Å². The van der Waals surface area contributed by atoms with Gasteiger partial charge in [0, 0.05) is 5.69 Å². The highest BCUT2D eigenvalue weighted by Crippen LogP contribution is 2.04. The lowest BCUT2D eigenvalue weighted by atomic mass is 10.2. The van der Waals surface area contributed by atoms with E-state index >= 15 is 0 Å². The molecule has 1 rings (SSSR count). The number of hydrogen-bond acceptors (Lipinski definition) is 1. The van der Waals surface area contributed by atoms with Crippen LogP contribution in [0.5, 0.6) is 0 Å². The summed E-state index contributed by atoms with van der Waals surface area (Å²) in [5.41, 5.74) is 1.13. The lowest BCUT2D eigenvalue weighted by Crippen LogP contribution is -1.85. The first kappa shape index (κ1) is 9.85. The van der Waals surface area contributed by atoms with Crippen molar-refractivity contribution >= 4 is 5.69 Å². The first-order chi connectivity index (χ1) is 6.43. The minimum absolute atomic E-state index is 1.01. The molecular formula is C12H16N. The Bertz CT molecular complexity index is 239. The van der Waals surface area contributed by atoms with Gasteiger partial charge in [0.2, 0.25) is 0 Å². The molecule has 1 heteroatoms. The predicted octanol–water partition coefficient (Wildman–Crippen LogP) is 3.62. The summed E-state index contributed by atoms with van der Waals surface area (Å²) < 4.78 is 0. The Hall–Kier alpha value is -1.24. The third-order valence-electron chi connectivity index (χ3n) is 1.76. The summed E-state index contributed by atoms with van der Waals surface area (Å²) in [4.78, 5) is 0. The maximum Gasteiger partial charge on any atom is 0.0379 e. The molecule has 0 heterocycles. The molecule has 0 atom stereocenters. The van der Waals surface area contributed by atoms with Crippen LogP contribution in [0.4, 0.5) is 5.69 Å². The molecule has 1 nitrogen and oxygen atoms in total. The fraction of sp³-hybridized carbons (Fsp3) is 0.250. The van der Waals surface area contributed by atoms with Crippen molar-refractivity contribution in [3.8, 4) is 0 Å². The molecule has 1 N–H and O–H groups in total. The van der Waals surface area contributed by atoms with Crippen LogP contribution in [-0.4, -0.2) is 0 Å². The van der Waals surface area contributed by atoms with E-state index in [0.717, 1.165) is 24.9 Å². The first-order valence-electron chi connectivity index (χ1n) is 4.69. The van der Waals surface area contributed by atoms with Gasteiger partial charge in [-0.3, -0.25) is 0 Å². The number of hydrogen-bond donors (Lipinski definition) is 1. The second kappa shape index (κ2) is 6.30. The molecule has 0 spiro atoms. The van der Waals surface area contributed by atoms with Crippen LogP contribution in [0.15, 0.2) is 42.6 Å². The highest BCUT2D eigenvalue weighted by atomic mass is 14.8. The van der Waals surface area contributed by atoms with Crippen LogP contribution >= 0.6 is 0 Å². The number of anilines is 1. The molecule has 69 valence electrons. The number of benzene rings is 1. The second-order valence-corrected chi connectivity index (χ2v) is 2.91. The fourth-order valence-electron chi connectivity index (χ4n) is 1.04. The Kier molecular flexibility index (Phi) is 4.77. The van der Waals surface area contributed by atoms with Gasteiger partial charge in [-0.25, -0.2) is 0 Å². The van der Waals surface area contributed by atoms with Crippen molar-refractivity contribution in [3.63, 3.8) is 0 Å². The van der Waals surface area contributed by atoms with Gasteiger partial charge in [-0.2, -0.15) is 0 Å². The van der Waals surface area contributed by atoms with Gasteiger partial charge >= 0.3 is 0 Å². The Morgan fingerprint density at radius 1 is 1.23 bits per heavy atom. The van der Waals surface area contributed by atoms with Crippen molar-refractivity contribution in [2.75, 3.05) is 5.32 Å². The lowest BCUT2D eigenvalue weighted by molar-refractivity contribution is 0.865. The number of allylic oxidation sites excluding steroid dienone is 1. The molecule has 0 saturated heterocycles. The van der Waals surface area contributed by atoms with Gasteiger partial charge in [-0.15, -0.1) is 0 Å². The van der Waals surface area contributed by atoms with Crippen LogP contribution in [0, 0.1) is 6.92 Å². The fourth-order valence-corrected chi connectivity index (χ4v) is 1.04. The molecule has 0 bridgehead atoms. The molecule has 0 aliphatic heterocycles. The summed E-state index contributed by atoms with van der Waals surface area (Å²) in [7, 11) is 0. The number of nitrogens with one attached hydrogen (secondary N) is 1. The smallest absolute Gasteiger partial charge is 0.0379 e. The van der Waals surface area contributed by atoms with Gasteiger partial charge in [-0.05, 0) is 31.2 Å². The zero-order valence-corrected chi connectivity index (χ0v) is 7.87. The van der Waals surface area contributed by atoms with Crippen molar-refractivity contribution in [2.24, 2.45) is 0 Å². The summed E-state index contributed by atoms with van der Waals surface area (Å²) in [6.07, 6.45) is 7.40. The van der Waals surface area contributed by atoms with Crippen LogP contribution in [0.3, 0.4) is 0 Å². The van der Waals surface area contributed by atoms with Crippen LogP contribution in [-0.2, 0) is 0 Å². The second-order valence-electron chi connectivity index (χ2n) is 2.91. The van der Waals surface area contributed by atoms with Crippen molar-refractivity contribution in [3.05, 3.63) is 49.5 Å². The number of unbranched alkanes of at least 4 members (excludes halogenated alkanes) is 2. The van der Waals surface area contributed by atoms with Crippen LogP contribution in [0.1, 0.15) is 19.3 Å². The minimum atomic E-state index is 1.01. The van der Waals surface area contributed by atoms with Crippen LogP contribution < -0.4 is 5.32 Å². The maximum atomic E-state index is 3.79. The number of rotatable bonds is 5. The monoisotopic (exact) mass is 174 g/mol. The topological polar surface area (TPSA) is 12.0 Å². The first-order valence-corrected chi connectivity index (χ1v) is 4.69. The molecule has 0 unspecified atom stereocenters. The molecule has 0 aromatic heterocycles. The molecule has 0 aliphatic carbocycles. The van der Waals surface area contributed by atoms with E-state index in [4.69, 9.17) is 0 Å². The Morgan fingerprint density at radius 3 is 2.69 bits per heavy atom. The summed E-state index contributed by atoms with van der Waals surface area (Å²) in [5.74, 6) is 0. The van der Waals surface area contributed by atoms with E-state index in [2.05, 4.69) is 18.3 Å². The van der Waals surface area contributed by atoms with Crippen molar-refractivity contribution in [2.45, 2.75) is 19.3 Å². The SMILES string of the molecule is [CH2]CCC/C=C/Nc1ccccc1. The van der Waals surface area contributed by atoms with Crippen LogP contribution in [0.2, 0.25) is 0 Å². The summed E-state index contributed by atoms with van der Waals surface area (Å²) >= 11 is 0. The molecule has 0 aliphatic rings. The third-order valence-corrected chi connectivity index (χ3v) is 1.76. The molecule has 1 aromatic carbocycles. The zero-order chi connectivity index (χ0) is 9.36. The molecule has 13 heavy (non-hydrogen) atoms. The molecule has 0 amide bonds. The quantitative estimate of drug-likeness (QED) is 0.672. The summed E-state index contributed by atoms with van der Waals surface area (Å²) in [6.45, 7) is 3.79. The van der Waals surface area contributed by atoms with Gasteiger partial charge < -0.3 is 5.32 Å². The highest BCUT2D eigenvalue weighted by Gasteiger charge is 1.82. The molecule has 0 fully saturated rings. The Morgan fingerprint density at radius 2 is 2.00 bits per heavy atom. The van der Waals surface area contributed by atoms with Crippen LogP contribution in [0.25, 0.3) is 0 Å². The van der Waals surface area contributed by atoms with E-state index in [-0.39, 0.29) is 0 Å². The van der Waals surface area contributed by atoms with E-state index < -0.39 is 0 Å². The van der Waals surface area contributed by atoms with E-state index in [1.807, 2.05) is 36.5 Å². The molecular weight excluding hydrogens is 158 g/mol. The molecule has 1 radical (unpaired) electrons. The zero-order valence-electron chi connectivity index (χ0n) is 7.87. The summed E-state index contributed by atoms with van der Waals surface area (Å²) in [5, 5.41) is 3.20. The normalized spacial score (nSPS) is 10.5. The van der Waals surface area contributed by atoms with Gasteiger partial charge in [0.15, 0.2) is 0 Å². The van der Waals surface area contributed by atoms with Crippen molar-refractivity contribution in [1.29, 1.82) is 0 Å². The predicted molar refractivity (Wildman–Crippen MR) is 58.4 cm³/mol. The lowest BCUT2D eigenvalue weighted by Gasteiger charge is -1.98. The standard InChI is InChI=1S/C12H16N/c1-2-3-4-8-11-13-12-9-6-5-7-10-12/h5-11,13H,1-4H2/b11-8+. The number of para-hydroxylation sites is 1. The van der Waals surface area contributed by atoms with E-state index in [9.17, 15) is 0 Å².